The van der Waals surface area contributed by atoms with Gasteiger partial charge in [0.15, 0.2) is 23.3 Å². The fourth-order valence-electron chi connectivity index (χ4n) is 3.12. The van der Waals surface area contributed by atoms with E-state index in [-0.39, 0.29) is 0 Å². The number of nitrogens with zero attached hydrogens (tertiary/aromatic N) is 1. The highest BCUT2D eigenvalue weighted by Crippen LogP contribution is 2.37. The van der Waals surface area contributed by atoms with Crippen LogP contribution in [0.5, 0.6) is 0 Å². The molecular weight excluding hydrogens is 417 g/mol. The summed E-state index contributed by atoms with van der Waals surface area (Å²) in [5.74, 6) is -7.40. The van der Waals surface area contributed by atoms with Crippen molar-refractivity contribution in [2.75, 3.05) is 0 Å². The van der Waals surface area contributed by atoms with E-state index < -0.39 is 35.1 Å². The van der Waals surface area contributed by atoms with Gasteiger partial charge in [0.1, 0.15) is 0 Å². The molecule has 26 heavy (non-hydrogen) atoms. The number of fused-ring (bicyclic) bond motifs is 3. The third-order valence-corrected chi connectivity index (χ3v) is 4.78. The molecule has 1 unspecified atom stereocenters. The Morgan fingerprint density at radius 3 is 2.23 bits per heavy atom. The standard InChI is InChI=1S/C19H9BrF5N/c20-9-5-6-15-11(7-9)10-3-1-2-4-14(10)26(15)19(25)12-8-13(21)17(23)18(24)16(12)22/h1-8,19H. The third-order valence-electron chi connectivity index (χ3n) is 4.29. The summed E-state index contributed by atoms with van der Waals surface area (Å²) in [6.07, 6.45) is -2.25. The zero-order valence-corrected chi connectivity index (χ0v) is 14.5. The van der Waals surface area contributed by atoms with Crippen molar-refractivity contribution in [2.45, 2.75) is 6.30 Å². The Bertz CT molecular complexity index is 1170. The van der Waals surface area contributed by atoms with E-state index in [1.807, 2.05) is 0 Å². The van der Waals surface area contributed by atoms with Crippen LogP contribution in [0.1, 0.15) is 11.9 Å². The zero-order valence-electron chi connectivity index (χ0n) is 12.9. The van der Waals surface area contributed by atoms with Crippen LogP contribution in [0.4, 0.5) is 22.0 Å². The number of para-hydroxylation sites is 1. The fourth-order valence-corrected chi connectivity index (χ4v) is 3.48. The summed E-state index contributed by atoms with van der Waals surface area (Å²) in [7, 11) is 0. The Hall–Kier alpha value is -2.41. The van der Waals surface area contributed by atoms with Crippen LogP contribution in [0, 0.1) is 23.3 Å². The number of alkyl halides is 1. The smallest absolute Gasteiger partial charge is 0.205 e. The van der Waals surface area contributed by atoms with Crippen molar-refractivity contribution in [1.29, 1.82) is 0 Å². The van der Waals surface area contributed by atoms with E-state index in [2.05, 4.69) is 15.9 Å². The number of benzene rings is 3. The van der Waals surface area contributed by atoms with Crippen LogP contribution < -0.4 is 0 Å². The van der Waals surface area contributed by atoms with Crippen LogP contribution in [-0.2, 0) is 0 Å². The minimum atomic E-state index is -2.25. The molecule has 0 fully saturated rings. The number of halogens is 6. The quantitative estimate of drug-likeness (QED) is 0.193. The van der Waals surface area contributed by atoms with Gasteiger partial charge >= 0.3 is 0 Å². The van der Waals surface area contributed by atoms with Crippen LogP contribution in [0.25, 0.3) is 21.8 Å². The molecule has 0 saturated heterocycles. The molecule has 7 heteroatoms. The molecule has 0 bridgehead atoms. The van der Waals surface area contributed by atoms with Gasteiger partial charge in [0.05, 0.1) is 11.0 Å². The van der Waals surface area contributed by atoms with Crippen LogP contribution in [0.15, 0.2) is 53.0 Å². The minimum Gasteiger partial charge on any atom is -0.306 e. The maximum Gasteiger partial charge on any atom is 0.205 e. The van der Waals surface area contributed by atoms with Gasteiger partial charge in [-0.1, -0.05) is 34.1 Å². The molecule has 0 radical (unpaired) electrons. The van der Waals surface area contributed by atoms with Gasteiger partial charge in [-0.25, -0.2) is 22.0 Å². The van der Waals surface area contributed by atoms with Crippen molar-refractivity contribution >= 4 is 37.7 Å². The summed E-state index contributed by atoms with van der Waals surface area (Å²) in [5.41, 5.74) is -0.0870. The Kier molecular flexibility index (Phi) is 3.99. The number of hydrogen-bond acceptors (Lipinski definition) is 0. The first-order chi connectivity index (χ1) is 12.4. The number of rotatable bonds is 2. The van der Waals surface area contributed by atoms with Crippen LogP contribution in [-0.4, -0.2) is 4.57 Å². The monoisotopic (exact) mass is 425 g/mol. The highest BCUT2D eigenvalue weighted by Gasteiger charge is 2.27. The maximum absolute atomic E-state index is 15.3. The Labute approximate surface area is 152 Å². The van der Waals surface area contributed by atoms with Crippen molar-refractivity contribution in [3.8, 4) is 0 Å². The first-order valence-electron chi connectivity index (χ1n) is 7.55. The fraction of sp³-hybridized carbons (Fsp3) is 0.0526. The van der Waals surface area contributed by atoms with Crippen molar-refractivity contribution in [1.82, 2.24) is 4.57 Å². The van der Waals surface area contributed by atoms with Crippen molar-refractivity contribution in [3.05, 3.63) is 81.8 Å². The second-order valence-corrected chi connectivity index (χ2v) is 6.69. The normalized spacial score (nSPS) is 12.8. The summed E-state index contributed by atoms with van der Waals surface area (Å²) in [4.78, 5) is 0. The minimum absolute atomic E-state index is 0.345. The van der Waals surface area contributed by atoms with E-state index >= 15 is 4.39 Å². The first-order valence-corrected chi connectivity index (χ1v) is 8.34. The van der Waals surface area contributed by atoms with Gasteiger partial charge in [0.25, 0.3) is 0 Å². The van der Waals surface area contributed by atoms with E-state index in [4.69, 9.17) is 0 Å². The predicted molar refractivity (Wildman–Crippen MR) is 92.7 cm³/mol. The molecule has 3 aromatic carbocycles. The summed E-state index contributed by atoms with van der Waals surface area (Å²) in [6, 6.07) is 12.2. The van der Waals surface area contributed by atoms with Crippen molar-refractivity contribution < 1.29 is 22.0 Å². The molecule has 0 aliphatic rings. The average Bonchev–Trinajstić information content (AvgIpc) is 2.96. The van der Waals surface area contributed by atoms with Gasteiger partial charge in [-0.3, -0.25) is 0 Å². The van der Waals surface area contributed by atoms with Crippen LogP contribution in [0.3, 0.4) is 0 Å². The molecule has 1 nitrogen and oxygen atoms in total. The second-order valence-electron chi connectivity index (χ2n) is 5.77. The molecule has 4 aromatic rings. The van der Waals surface area contributed by atoms with Gasteiger partial charge in [0.2, 0.25) is 6.30 Å². The third kappa shape index (κ3) is 2.41. The molecule has 4 rings (SSSR count). The molecule has 0 saturated carbocycles. The first kappa shape index (κ1) is 17.0. The number of hydrogen-bond donors (Lipinski definition) is 0. The van der Waals surface area contributed by atoms with Crippen LogP contribution >= 0.6 is 15.9 Å². The largest absolute Gasteiger partial charge is 0.306 e. The van der Waals surface area contributed by atoms with E-state index in [1.165, 1.54) is 0 Å². The average molecular weight is 426 g/mol. The lowest BCUT2D eigenvalue weighted by molar-refractivity contribution is 0.290. The Morgan fingerprint density at radius 2 is 1.46 bits per heavy atom. The van der Waals surface area contributed by atoms with Gasteiger partial charge in [-0.2, -0.15) is 0 Å². The molecule has 1 aromatic heterocycles. The molecule has 1 heterocycles. The van der Waals surface area contributed by atoms with Gasteiger partial charge in [0, 0.05) is 20.8 Å². The number of aromatic nitrogens is 1. The highest BCUT2D eigenvalue weighted by molar-refractivity contribution is 9.10. The molecule has 1 atom stereocenters. The lowest BCUT2D eigenvalue weighted by atomic mass is 10.1. The topological polar surface area (TPSA) is 4.93 Å². The lowest BCUT2D eigenvalue weighted by Gasteiger charge is -2.15. The second kappa shape index (κ2) is 6.09. The van der Waals surface area contributed by atoms with Gasteiger partial charge in [-0.05, 0) is 30.3 Å². The SMILES string of the molecule is Fc1cc(C(F)n2c3ccccc3c3cc(Br)ccc32)c(F)c(F)c1F. The summed E-state index contributed by atoms with van der Waals surface area (Å²) < 4.78 is 71.6. The highest BCUT2D eigenvalue weighted by atomic mass is 79.9. The maximum atomic E-state index is 15.3. The zero-order chi connectivity index (χ0) is 18.6. The van der Waals surface area contributed by atoms with E-state index in [9.17, 15) is 17.6 Å². The van der Waals surface area contributed by atoms with Gasteiger partial charge in [-0.15, -0.1) is 0 Å². The van der Waals surface area contributed by atoms with E-state index in [1.54, 1.807) is 42.5 Å². The Balaban J connectivity index is 2.05. The molecule has 132 valence electrons. The molecular formula is C19H9BrF5N. The van der Waals surface area contributed by atoms with Crippen molar-refractivity contribution in [2.24, 2.45) is 0 Å². The Morgan fingerprint density at radius 1 is 0.769 bits per heavy atom. The van der Waals surface area contributed by atoms with E-state index in [0.717, 1.165) is 9.04 Å². The lowest BCUT2D eigenvalue weighted by Crippen LogP contribution is -2.10. The molecule has 0 N–H and O–H groups in total. The molecule has 0 spiro atoms. The van der Waals surface area contributed by atoms with Crippen molar-refractivity contribution in [3.63, 3.8) is 0 Å². The molecule has 0 aliphatic carbocycles. The molecule has 0 aliphatic heterocycles. The summed E-state index contributed by atoms with van der Waals surface area (Å²) in [6.45, 7) is 0. The summed E-state index contributed by atoms with van der Waals surface area (Å²) >= 11 is 3.34. The summed E-state index contributed by atoms with van der Waals surface area (Å²) in [5, 5.41) is 1.37. The van der Waals surface area contributed by atoms with Crippen LogP contribution in [0.2, 0.25) is 0 Å². The van der Waals surface area contributed by atoms with E-state index in [0.29, 0.717) is 27.9 Å². The van der Waals surface area contributed by atoms with Gasteiger partial charge < -0.3 is 4.57 Å². The molecule has 0 amide bonds. The predicted octanol–water partition coefficient (Wildman–Crippen LogP) is 6.63.